The molecular weight excluding hydrogens is 204 g/mol. The molecule has 0 bridgehead atoms. The van der Waals surface area contributed by atoms with Crippen LogP contribution in [0.2, 0.25) is 0 Å². The van der Waals surface area contributed by atoms with Crippen molar-refractivity contribution in [2.45, 2.75) is 31.8 Å². The maximum atomic E-state index is 11.6. The Bertz CT molecular complexity index is 270. The highest BCUT2D eigenvalue weighted by molar-refractivity contribution is 5.80. The van der Waals surface area contributed by atoms with E-state index in [1.165, 1.54) is 5.57 Å². The molecule has 1 atom stereocenters. The average molecular weight is 224 g/mol. The van der Waals surface area contributed by atoms with E-state index in [0.717, 1.165) is 51.9 Å². The lowest BCUT2D eigenvalue weighted by Crippen LogP contribution is -2.35. The van der Waals surface area contributed by atoms with Gasteiger partial charge in [0.15, 0.2) is 0 Å². The molecule has 2 aliphatic rings. The minimum absolute atomic E-state index is 0.0621. The monoisotopic (exact) mass is 224 g/mol. The van der Waals surface area contributed by atoms with E-state index in [4.69, 9.17) is 4.74 Å². The molecule has 4 heteroatoms. The summed E-state index contributed by atoms with van der Waals surface area (Å²) in [7, 11) is 0. The van der Waals surface area contributed by atoms with Gasteiger partial charge in [0, 0.05) is 19.7 Å². The average Bonchev–Trinajstić information content (AvgIpc) is 2.84. The fourth-order valence-electron chi connectivity index (χ4n) is 2.14. The zero-order valence-electron chi connectivity index (χ0n) is 9.63. The molecule has 2 rings (SSSR count). The first-order valence-electron chi connectivity index (χ1n) is 6.14. The van der Waals surface area contributed by atoms with Gasteiger partial charge < -0.3 is 15.4 Å². The summed E-state index contributed by atoms with van der Waals surface area (Å²) in [6.07, 6.45) is 5.99. The number of carbonyl (C=O) groups excluding carboxylic acids is 1. The zero-order valence-corrected chi connectivity index (χ0v) is 9.63. The summed E-state index contributed by atoms with van der Waals surface area (Å²) in [4.78, 5) is 11.6. The maximum Gasteiger partial charge on any atom is 0.249 e. The van der Waals surface area contributed by atoms with Gasteiger partial charge in [-0.05, 0) is 32.2 Å². The maximum absolute atomic E-state index is 11.6. The molecule has 90 valence electrons. The topological polar surface area (TPSA) is 50.4 Å². The lowest BCUT2D eigenvalue weighted by molar-refractivity contribution is -0.129. The van der Waals surface area contributed by atoms with Gasteiger partial charge in [0.1, 0.15) is 6.10 Å². The highest BCUT2D eigenvalue weighted by Crippen LogP contribution is 2.12. The molecular formula is C12H20N2O2. The molecule has 0 aromatic carbocycles. The molecule has 0 radical (unpaired) electrons. The molecule has 0 saturated carbocycles. The van der Waals surface area contributed by atoms with Crippen molar-refractivity contribution in [1.29, 1.82) is 0 Å². The van der Waals surface area contributed by atoms with Crippen LogP contribution >= 0.6 is 0 Å². The first kappa shape index (κ1) is 11.6. The Morgan fingerprint density at radius 3 is 3.25 bits per heavy atom. The molecule has 0 aromatic heterocycles. The molecule has 16 heavy (non-hydrogen) atoms. The van der Waals surface area contributed by atoms with Crippen molar-refractivity contribution in [3.63, 3.8) is 0 Å². The number of rotatable bonds is 4. The molecule has 0 aromatic rings. The SMILES string of the molecule is O=C(NCCC1=CCNCC1)[C@H]1CCCO1. The lowest BCUT2D eigenvalue weighted by Gasteiger charge is -2.15. The highest BCUT2D eigenvalue weighted by Gasteiger charge is 2.22. The van der Waals surface area contributed by atoms with Gasteiger partial charge in [0.25, 0.3) is 0 Å². The molecule has 2 aliphatic heterocycles. The van der Waals surface area contributed by atoms with Crippen molar-refractivity contribution in [2.24, 2.45) is 0 Å². The quantitative estimate of drug-likeness (QED) is 0.687. The molecule has 0 spiro atoms. The third-order valence-corrected chi connectivity index (χ3v) is 3.13. The van der Waals surface area contributed by atoms with Crippen LogP contribution in [0.5, 0.6) is 0 Å². The van der Waals surface area contributed by atoms with E-state index >= 15 is 0 Å². The second kappa shape index (κ2) is 6.01. The normalized spacial score (nSPS) is 25.2. The van der Waals surface area contributed by atoms with Crippen molar-refractivity contribution in [3.8, 4) is 0 Å². The van der Waals surface area contributed by atoms with Crippen LogP contribution in [0.3, 0.4) is 0 Å². The molecule has 1 saturated heterocycles. The lowest BCUT2D eigenvalue weighted by atomic mass is 10.1. The Hall–Kier alpha value is -0.870. The van der Waals surface area contributed by atoms with Gasteiger partial charge in [-0.15, -0.1) is 0 Å². The molecule has 1 fully saturated rings. The third-order valence-electron chi connectivity index (χ3n) is 3.13. The van der Waals surface area contributed by atoms with E-state index in [2.05, 4.69) is 16.7 Å². The third kappa shape index (κ3) is 3.32. The van der Waals surface area contributed by atoms with Gasteiger partial charge in [-0.25, -0.2) is 0 Å². The number of ether oxygens (including phenoxy) is 1. The van der Waals surface area contributed by atoms with Crippen LogP contribution in [0.15, 0.2) is 11.6 Å². The van der Waals surface area contributed by atoms with E-state index in [1.54, 1.807) is 0 Å². The standard InChI is InChI=1S/C12H20N2O2/c15-12(11-2-1-9-16-11)14-8-5-10-3-6-13-7-4-10/h3,11,13H,1-2,4-9H2,(H,14,15)/t11-/m1/s1. The van der Waals surface area contributed by atoms with Gasteiger partial charge in [0.05, 0.1) is 0 Å². The van der Waals surface area contributed by atoms with Crippen molar-refractivity contribution in [1.82, 2.24) is 10.6 Å². The first-order chi connectivity index (χ1) is 7.86. The Labute approximate surface area is 96.4 Å². The summed E-state index contributed by atoms with van der Waals surface area (Å²) >= 11 is 0. The van der Waals surface area contributed by atoms with Crippen LogP contribution in [-0.4, -0.2) is 38.3 Å². The Morgan fingerprint density at radius 1 is 1.62 bits per heavy atom. The second-order valence-electron chi connectivity index (χ2n) is 4.36. The fourth-order valence-corrected chi connectivity index (χ4v) is 2.14. The molecule has 1 amide bonds. The number of hydrogen-bond acceptors (Lipinski definition) is 3. The summed E-state index contributed by atoms with van der Waals surface area (Å²) in [6, 6.07) is 0. The summed E-state index contributed by atoms with van der Waals surface area (Å²) in [5.41, 5.74) is 1.45. The first-order valence-corrected chi connectivity index (χ1v) is 6.14. The van der Waals surface area contributed by atoms with Crippen LogP contribution < -0.4 is 10.6 Å². The van der Waals surface area contributed by atoms with Gasteiger partial charge >= 0.3 is 0 Å². The minimum atomic E-state index is -0.193. The summed E-state index contributed by atoms with van der Waals surface area (Å²) in [5.74, 6) is 0.0621. The van der Waals surface area contributed by atoms with Gasteiger partial charge in [-0.3, -0.25) is 4.79 Å². The van der Waals surface area contributed by atoms with Crippen LogP contribution in [0.1, 0.15) is 25.7 Å². The van der Waals surface area contributed by atoms with Crippen LogP contribution in [-0.2, 0) is 9.53 Å². The van der Waals surface area contributed by atoms with Crippen molar-refractivity contribution < 1.29 is 9.53 Å². The zero-order chi connectivity index (χ0) is 11.2. The Morgan fingerprint density at radius 2 is 2.56 bits per heavy atom. The summed E-state index contributed by atoms with van der Waals surface area (Å²) < 4.78 is 5.32. The highest BCUT2D eigenvalue weighted by atomic mass is 16.5. The van der Waals surface area contributed by atoms with E-state index in [0.29, 0.717) is 0 Å². The smallest absolute Gasteiger partial charge is 0.249 e. The minimum Gasteiger partial charge on any atom is -0.368 e. The van der Waals surface area contributed by atoms with E-state index in [-0.39, 0.29) is 12.0 Å². The molecule has 2 heterocycles. The van der Waals surface area contributed by atoms with Gasteiger partial charge in [-0.2, -0.15) is 0 Å². The van der Waals surface area contributed by atoms with Crippen molar-refractivity contribution >= 4 is 5.91 Å². The number of carbonyl (C=O) groups is 1. The number of nitrogens with one attached hydrogen (secondary N) is 2. The number of hydrogen-bond donors (Lipinski definition) is 2. The van der Waals surface area contributed by atoms with Crippen LogP contribution in [0, 0.1) is 0 Å². The Balaban J connectivity index is 1.63. The predicted octanol–water partition coefficient (Wildman–Crippen LogP) is 0.591. The van der Waals surface area contributed by atoms with Crippen molar-refractivity contribution in [3.05, 3.63) is 11.6 Å². The molecule has 0 aliphatic carbocycles. The molecule has 0 unspecified atom stereocenters. The predicted molar refractivity (Wildman–Crippen MR) is 62.2 cm³/mol. The van der Waals surface area contributed by atoms with Gasteiger partial charge in [-0.1, -0.05) is 11.6 Å². The van der Waals surface area contributed by atoms with E-state index in [1.807, 2.05) is 0 Å². The molecule has 2 N–H and O–H groups in total. The Kier molecular flexibility index (Phi) is 4.36. The van der Waals surface area contributed by atoms with Crippen LogP contribution in [0.25, 0.3) is 0 Å². The second-order valence-corrected chi connectivity index (χ2v) is 4.36. The summed E-state index contributed by atoms with van der Waals surface area (Å²) in [6.45, 7) is 3.50. The molecule has 4 nitrogen and oxygen atoms in total. The van der Waals surface area contributed by atoms with Gasteiger partial charge in [0.2, 0.25) is 5.91 Å². The van der Waals surface area contributed by atoms with E-state index in [9.17, 15) is 4.79 Å². The fraction of sp³-hybridized carbons (Fsp3) is 0.750. The number of amides is 1. The van der Waals surface area contributed by atoms with E-state index < -0.39 is 0 Å². The largest absolute Gasteiger partial charge is 0.368 e. The van der Waals surface area contributed by atoms with Crippen LogP contribution in [0.4, 0.5) is 0 Å². The van der Waals surface area contributed by atoms with Crippen molar-refractivity contribution in [2.75, 3.05) is 26.2 Å². The summed E-state index contributed by atoms with van der Waals surface area (Å²) in [5, 5.41) is 6.22.